The molecule has 0 aliphatic rings. The Kier molecular flexibility index (Phi) is 3.41. The van der Waals surface area contributed by atoms with Gasteiger partial charge in [0.25, 0.3) is 0 Å². The van der Waals surface area contributed by atoms with E-state index >= 15 is 0 Å². The van der Waals surface area contributed by atoms with Gasteiger partial charge in [0.1, 0.15) is 17.5 Å². The number of hydrogen-bond donors (Lipinski definition) is 0. The maximum Gasteiger partial charge on any atom is 0.133 e. The van der Waals surface area contributed by atoms with E-state index in [1.54, 1.807) is 11.3 Å². The Morgan fingerprint density at radius 1 is 1.00 bits per heavy atom. The second-order valence-electron chi connectivity index (χ2n) is 3.94. The molecule has 0 radical (unpaired) electrons. The molecular formula is C13H6BrF3S2. The molecule has 0 amide bonds. The summed E-state index contributed by atoms with van der Waals surface area (Å²) in [5.74, 6) is -2.67. The van der Waals surface area contributed by atoms with Crippen molar-refractivity contribution in [2.45, 2.75) is 4.83 Å². The number of alkyl halides is 1. The van der Waals surface area contributed by atoms with Crippen LogP contribution in [0.4, 0.5) is 13.2 Å². The van der Waals surface area contributed by atoms with Crippen LogP contribution in [0.5, 0.6) is 0 Å². The first kappa shape index (κ1) is 13.1. The van der Waals surface area contributed by atoms with Crippen LogP contribution in [0.2, 0.25) is 0 Å². The minimum Gasteiger partial charge on any atom is -0.207 e. The lowest BCUT2D eigenvalue weighted by molar-refractivity contribution is 0.528. The molecule has 0 bridgehead atoms. The van der Waals surface area contributed by atoms with Crippen molar-refractivity contribution in [3.63, 3.8) is 0 Å². The van der Waals surface area contributed by atoms with Crippen LogP contribution in [0.25, 0.3) is 9.40 Å². The summed E-state index contributed by atoms with van der Waals surface area (Å²) in [4.78, 5) is 0.184. The number of rotatable bonds is 2. The molecule has 0 saturated heterocycles. The maximum atomic E-state index is 13.7. The number of benzene rings is 1. The molecule has 98 valence electrons. The van der Waals surface area contributed by atoms with Crippen LogP contribution in [0.1, 0.15) is 15.3 Å². The molecule has 0 saturated carbocycles. The number of halogens is 4. The van der Waals surface area contributed by atoms with Gasteiger partial charge in [-0.3, -0.25) is 0 Å². The van der Waals surface area contributed by atoms with Gasteiger partial charge < -0.3 is 0 Å². The van der Waals surface area contributed by atoms with Crippen LogP contribution in [0.15, 0.2) is 29.6 Å². The maximum absolute atomic E-state index is 13.7. The molecular weight excluding hydrogens is 357 g/mol. The van der Waals surface area contributed by atoms with Gasteiger partial charge in [-0.2, -0.15) is 0 Å². The summed E-state index contributed by atoms with van der Waals surface area (Å²) in [5.41, 5.74) is -0.157. The Bertz CT molecular complexity index is 696. The monoisotopic (exact) mass is 362 g/mol. The standard InChI is InChI=1S/C13H6BrF3S2/c14-13(11-5-10-9(19-11)1-2-18-10)12-7(16)3-6(15)4-8(12)17/h1-5,13H. The first-order chi connectivity index (χ1) is 9.06. The van der Waals surface area contributed by atoms with Crippen molar-refractivity contribution in [1.82, 2.24) is 0 Å². The third-order valence-corrected chi connectivity index (χ3v) is 6.12. The van der Waals surface area contributed by atoms with E-state index in [-0.39, 0.29) is 5.56 Å². The van der Waals surface area contributed by atoms with Crippen molar-refractivity contribution < 1.29 is 13.2 Å². The van der Waals surface area contributed by atoms with Crippen molar-refractivity contribution in [2.24, 2.45) is 0 Å². The molecule has 0 fully saturated rings. The van der Waals surface area contributed by atoms with E-state index in [2.05, 4.69) is 15.9 Å². The molecule has 3 aromatic rings. The molecule has 1 aromatic carbocycles. The first-order valence-corrected chi connectivity index (χ1v) is 7.93. The molecule has 0 aliphatic carbocycles. The zero-order chi connectivity index (χ0) is 13.6. The van der Waals surface area contributed by atoms with Gasteiger partial charge in [-0.25, -0.2) is 13.2 Å². The van der Waals surface area contributed by atoms with Crippen molar-refractivity contribution >= 4 is 48.0 Å². The highest BCUT2D eigenvalue weighted by Crippen LogP contribution is 2.41. The number of fused-ring (bicyclic) bond motifs is 1. The lowest BCUT2D eigenvalue weighted by Crippen LogP contribution is -2.00. The number of hydrogen-bond acceptors (Lipinski definition) is 2. The van der Waals surface area contributed by atoms with Crippen molar-refractivity contribution in [1.29, 1.82) is 0 Å². The molecule has 2 heterocycles. The average Bonchev–Trinajstić information content (AvgIpc) is 2.86. The van der Waals surface area contributed by atoms with Crippen LogP contribution < -0.4 is 0 Å². The van der Waals surface area contributed by atoms with Crippen LogP contribution in [0.3, 0.4) is 0 Å². The molecule has 3 rings (SSSR count). The van der Waals surface area contributed by atoms with Crippen molar-refractivity contribution in [2.75, 3.05) is 0 Å². The molecule has 19 heavy (non-hydrogen) atoms. The number of thiophene rings is 2. The quantitative estimate of drug-likeness (QED) is 0.500. The lowest BCUT2D eigenvalue weighted by Gasteiger charge is -2.10. The van der Waals surface area contributed by atoms with Crippen LogP contribution >= 0.6 is 38.6 Å². The minimum atomic E-state index is -0.911. The van der Waals surface area contributed by atoms with E-state index in [0.29, 0.717) is 12.1 Å². The highest BCUT2D eigenvalue weighted by atomic mass is 79.9. The highest BCUT2D eigenvalue weighted by Gasteiger charge is 2.22. The van der Waals surface area contributed by atoms with Gasteiger partial charge >= 0.3 is 0 Å². The Balaban J connectivity index is 2.09. The van der Waals surface area contributed by atoms with Crippen LogP contribution in [0, 0.1) is 17.5 Å². The Labute approximate surface area is 123 Å². The van der Waals surface area contributed by atoms with Crippen LogP contribution in [-0.2, 0) is 0 Å². The van der Waals surface area contributed by atoms with Gasteiger partial charge in [0.15, 0.2) is 0 Å². The molecule has 0 aliphatic heterocycles. The summed E-state index contributed by atoms with van der Waals surface area (Å²) in [6.45, 7) is 0. The molecule has 1 unspecified atom stereocenters. The summed E-state index contributed by atoms with van der Waals surface area (Å²) in [5, 5.41) is 1.97. The van der Waals surface area contributed by atoms with Gasteiger partial charge in [-0.15, -0.1) is 22.7 Å². The SMILES string of the molecule is Fc1cc(F)c(C(Br)c2cc3sccc3s2)c(F)c1. The summed E-state index contributed by atoms with van der Waals surface area (Å²) in [7, 11) is 0. The van der Waals surface area contributed by atoms with E-state index in [1.807, 2.05) is 17.5 Å². The highest BCUT2D eigenvalue weighted by molar-refractivity contribution is 9.09. The van der Waals surface area contributed by atoms with Crippen LogP contribution in [-0.4, -0.2) is 0 Å². The van der Waals surface area contributed by atoms with Crippen molar-refractivity contribution in [3.05, 3.63) is 57.5 Å². The van der Waals surface area contributed by atoms with Gasteiger partial charge in [-0.1, -0.05) is 15.9 Å². The van der Waals surface area contributed by atoms with E-state index in [9.17, 15) is 13.2 Å². The first-order valence-electron chi connectivity index (χ1n) is 5.31. The third kappa shape index (κ3) is 2.32. The fraction of sp³-hybridized carbons (Fsp3) is 0.0769. The average molecular weight is 363 g/mol. The normalized spacial score (nSPS) is 13.1. The summed E-state index contributed by atoms with van der Waals surface area (Å²) >= 11 is 6.33. The molecule has 2 aromatic heterocycles. The van der Waals surface area contributed by atoms with Gasteiger partial charge in [0.05, 0.1) is 4.83 Å². The molecule has 1 atom stereocenters. The molecule has 6 heteroatoms. The van der Waals surface area contributed by atoms with Gasteiger partial charge in [0.2, 0.25) is 0 Å². The Hall–Kier alpha value is -0.850. The molecule has 0 nitrogen and oxygen atoms in total. The van der Waals surface area contributed by atoms with E-state index < -0.39 is 22.3 Å². The largest absolute Gasteiger partial charge is 0.207 e. The van der Waals surface area contributed by atoms with E-state index in [1.165, 1.54) is 11.3 Å². The smallest absolute Gasteiger partial charge is 0.133 e. The topological polar surface area (TPSA) is 0 Å². The Morgan fingerprint density at radius 3 is 2.32 bits per heavy atom. The Morgan fingerprint density at radius 2 is 1.68 bits per heavy atom. The fourth-order valence-electron chi connectivity index (χ4n) is 1.85. The lowest BCUT2D eigenvalue weighted by atomic mass is 10.1. The van der Waals surface area contributed by atoms with Crippen molar-refractivity contribution in [3.8, 4) is 0 Å². The van der Waals surface area contributed by atoms with Gasteiger partial charge in [-0.05, 0) is 17.5 Å². The van der Waals surface area contributed by atoms with E-state index in [0.717, 1.165) is 14.3 Å². The fourth-order valence-corrected chi connectivity index (χ4v) is 4.80. The molecule has 0 N–H and O–H groups in total. The summed E-state index contributed by atoms with van der Waals surface area (Å²) in [6, 6.07) is 5.25. The zero-order valence-corrected chi connectivity index (χ0v) is 12.5. The molecule has 0 spiro atoms. The summed E-state index contributed by atoms with van der Waals surface area (Å²) < 4.78 is 42.5. The predicted octanol–water partition coefficient (Wildman–Crippen LogP) is 5.86. The third-order valence-electron chi connectivity index (χ3n) is 2.71. The zero-order valence-electron chi connectivity index (χ0n) is 9.29. The second kappa shape index (κ2) is 4.92. The van der Waals surface area contributed by atoms with Gasteiger partial charge in [0, 0.05) is 32.0 Å². The summed E-state index contributed by atoms with van der Waals surface area (Å²) in [6.07, 6.45) is 0. The minimum absolute atomic E-state index is 0.157. The second-order valence-corrected chi connectivity index (χ2v) is 6.92. The predicted molar refractivity (Wildman–Crippen MR) is 76.8 cm³/mol. The van der Waals surface area contributed by atoms with E-state index in [4.69, 9.17) is 0 Å².